The highest BCUT2D eigenvalue weighted by atomic mass is 79.9. The smallest absolute Gasteiger partial charge is 0.0701 e. The van der Waals surface area contributed by atoms with Crippen molar-refractivity contribution in [2.24, 2.45) is 5.92 Å². The topological polar surface area (TPSA) is 21.3 Å². The van der Waals surface area contributed by atoms with E-state index >= 15 is 0 Å². The van der Waals surface area contributed by atoms with Crippen molar-refractivity contribution in [1.29, 1.82) is 0 Å². The van der Waals surface area contributed by atoms with Crippen LogP contribution in [-0.2, 0) is 4.74 Å². The monoisotopic (exact) mass is 317 g/mol. The molecule has 1 aromatic heterocycles. The van der Waals surface area contributed by atoms with Crippen LogP contribution >= 0.6 is 27.3 Å². The Morgan fingerprint density at radius 3 is 2.94 bits per heavy atom. The van der Waals surface area contributed by atoms with E-state index in [1.54, 1.807) is 0 Å². The number of ether oxygens (including phenoxy) is 1. The van der Waals surface area contributed by atoms with E-state index < -0.39 is 0 Å². The van der Waals surface area contributed by atoms with Crippen LogP contribution in [0.25, 0.3) is 0 Å². The van der Waals surface area contributed by atoms with Crippen molar-refractivity contribution in [3.8, 4) is 0 Å². The maximum Gasteiger partial charge on any atom is 0.0701 e. The van der Waals surface area contributed by atoms with E-state index in [9.17, 15) is 0 Å². The van der Waals surface area contributed by atoms with E-state index in [4.69, 9.17) is 4.74 Å². The summed E-state index contributed by atoms with van der Waals surface area (Å²) in [6.07, 6.45) is 2.70. The van der Waals surface area contributed by atoms with Crippen molar-refractivity contribution < 1.29 is 4.74 Å². The van der Waals surface area contributed by atoms with Crippen LogP contribution in [0.2, 0.25) is 0 Å². The average molecular weight is 318 g/mol. The number of hydrogen-bond donors (Lipinski definition) is 1. The fraction of sp³-hybridized carbons (Fsp3) is 0.692. The molecule has 1 N–H and O–H groups in total. The lowest BCUT2D eigenvalue weighted by molar-refractivity contribution is 0.0779. The Labute approximate surface area is 116 Å². The minimum absolute atomic E-state index is 0.417. The highest BCUT2D eigenvalue weighted by molar-refractivity contribution is 9.11. The number of nitrogens with one attached hydrogen (secondary N) is 1. The Morgan fingerprint density at radius 2 is 2.35 bits per heavy atom. The van der Waals surface area contributed by atoms with Gasteiger partial charge in [0.1, 0.15) is 0 Å². The summed E-state index contributed by atoms with van der Waals surface area (Å²) in [7, 11) is 0. The predicted molar refractivity (Wildman–Crippen MR) is 76.6 cm³/mol. The molecule has 1 aliphatic heterocycles. The van der Waals surface area contributed by atoms with Gasteiger partial charge >= 0.3 is 0 Å². The first-order valence-electron chi connectivity index (χ1n) is 6.36. The summed E-state index contributed by atoms with van der Waals surface area (Å²) >= 11 is 5.39. The van der Waals surface area contributed by atoms with Crippen LogP contribution < -0.4 is 5.32 Å². The highest BCUT2D eigenvalue weighted by Gasteiger charge is 2.34. The summed E-state index contributed by atoms with van der Waals surface area (Å²) in [6.45, 7) is 6.31. The molecule has 96 valence electrons. The second kappa shape index (κ2) is 6.32. The van der Waals surface area contributed by atoms with Gasteiger partial charge in [-0.3, -0.25) is 0 Å². The molecule has 17 heavy (non-hydrogen) atoms. The zero-order valence-corrected chi connectivity index (χ0v) is 12.8. The van der Waals surface area contributed by atoms with Gasteiger partial charge in [0.15, 0.2) is 0 Å². The molecule has 0 spiro atoms. The number of hydrogen-bond acceptors (Lipinski definition) is 3. The van der Waals surface area contributed by atoms with Gasteiger partial charge in [-0.2, -0.15) is 0 Å². The van der Waals surface area contributed by atoms with Crippen LogP contribution in [0.15, 0.2) is 15.9 Å². The molecular formula is C13H20BrNOS. The average Bonchev–Trinajstić information content (AvgIpc) is 2.94. The lowest BCUT2D eigenvalue weighted by Gasteiger charge is -2.27. The Morgan fingerprint density at radius 1 is 1.53 bits per heavy atom. The molecule has 0 aliphatic carbocycles. The summed E-state index contributed by atoms with van der Waals surface area (Å²) in [5.74, 6) is 0.616. The summed E-state index contributed by atoms with van der Waals surface area (Å²) in [6, 6.07) is 4.82. The zero-order valence-electron chi connectivity index (χ0n) is 10.4. The van der Waals surface area contributed by atoms with Gasteiger partial charge in [-0.1, -0.05) is 13.8 Å². The maximum absolute atomic E-state index is 5.82. The first-order valence-corrected chi connectivity index (χ1v) is 7.97. The van der Waals surface area contributed by atoms with Crippen LogP contribution in [0.4, 0.5) is 0 Å². The third-order valence-electron chi connectivity index (χ3n) is 3.42. The SMILES string of the molecule is CCNC(c1ccc(Br)s1)C1CCOC1CC. The first-order chi connectivity index (χ1) is 8.26. The van der Waals surface area contributed by atoms with Gasteiger partial charge in [-0.25, -0.2) is 0 Å². The number of rotatable bonds is 5. The molecule has 3 unspecified atom stereocenters. The summed E-state index contributed by atoms with van der Waals surface area (Å²) in [5.41, 5.74) is 0. The standard InChI is InChI=1S/C13H20BrNOS/c1-3-10-9(7-8-16-10)13(15-4-2)11-5-6-12(14)17-11/h5-6,9-10,13,15H,3-4,7-8H2,1-2H3. The Balaban J connectivity index is 2.16. The van der Waals surface area contributed by atoms with Crippen LogP contribution in [0.5, 0.6) is 0 Å². The minimum Gasteiger partial charge on any atom is -0.378 e. The van der Waals surface area contributed by atoms with Crippen molar-refractivity contribution >= 4 is 27.3 Å². The zero-order chi connectivity index (χ0) is 12.3. The molecule has 1 aromatic rings. The van der Waals surface area contributed by atoms with E-state index in [0.717, 1.165) is 19.6 Å². The second-order valence-electron chi connectivity index (χ2n) is 4.45. The molecule has 0 aromatic carbocycles. The third kappa shape index (κ3) is 3.11. The van der Waals surface area contributed by atoms with Gasteiger partial charge in [-0.15, -0.1) is 11.3 Å². The van der Waals surface area contributed by atoms with E-state index in [2.05, 4.69) is 47.2 Å². The summed E-state index contributed by atoms with van der Waals surface area (Å²) < 4.78 is 7.03. The maximum atomic E-state index is 5.82. The van der Waals surface area contributed by atoms with E-state index in [0.29, 0.717) is 18.1 Å². The van der Waals surface area contributed by atoms with Gasteiger partial charge in [0.05, 0.1) is 9.89 Å². The number of halogens is 1. The summed E-state index contributed by atoms with van der Waals surface area (Å²) in [4.78, 5) is 1.42. The molecule has 2 rings (SSSR count). The lowest BCUT2D eigenvalue weighted by Crippen LogP contribution is -2.32. The number of thiophene rings is 1. The van der Waals surface area contributed by atoms with Crippen molar-refractivity contribution in [1.82, 2.24) is 5.32 Å². The Bertz CT molecular complexity index is 355. The fourth-order valence-corrected chi connectivity index (χ4v) is 4.22. The van der Waals surface area contributed by atoms with Gasteiger partial charge in [0.25, 0.3) is 0 Å². The normalized spacial score (nSPS) is 26.3. The van der Waals surface area contributed by atoms with Gasteiger partial charge < -0.3 is 10.1 Å². The van der Waals surface area contributed by atoms with E-state index in [1.165, 1.54) is 15.1 Å². The van der Waals surface area contributed by atoms with Crippen molar-refractivity contribution in [3.63, 3.8) is 0 Å². The largest absolute Gasteiger partial charge is 0.378 e. The van der Waals surface area contributed by atoms with Gasteiger partial charge in [-0.05, 0) is 47.4 Å². The molecule has 3 atom stereocenters. The second-order valence-corrected chi connectivity index (χ2v) is 6.94. The highest BCUT2D eigenvalue weighted by Crippen LogP contribution is 2.38. The fourth-order valence-electron chi connectivity index (χ4n) is 2.65. The molecule has 1 fully saturated rings. The van der Waals surface area contributed by atoms with Crippen molar-refractivity contribution in [2.75, 3.05) is 13.2 Å². The molecule has 0 radical (unpaired) electrons. The van der Waals surface area contributed by atoms with Crippen LogP contribution in [0.3, 0.4) is 0 Å². The first kappa shape index (κ1) is 13.5. The molecule has 1 aliphatic rings. The van der Waals surface area contributed by atoms with Crippen LogP contribution in [-0.4, -0.2) is 19.3 Å². The molecule has 4 heteroatoms. The third-order valence-corrected chi connectivity index (χ3v) is 5.12. The minimum atomic E-state index is 0.417. The molecule has 2 heterocycles. The molecule has 0 bridgehead atoms. The van der Waals surface area contributed by atoms with E-state index in [-0.39, 0.29) is 0 Å². The van der Waals surface area contributed by atoms with Crippen molar-refractivity contribution in [3.05, 3.63) is 20.8 Å². The van der Waals surface area contributed by atoms with E-state index in [1.807, 2.05) is 11.3 Å². The Hall–Kier alpha value is 0.1000. The quantitative estimate of drug-likeness (QED) is 0.887. The van der Waals surface area contributed by atoms with Crippen LogP contribution in [0, 0.1) is 5.92 Å². The molecule has 0 saturated carbocycles. The Kier molecular flexibility index (Phi) is 5.03. The molecular weight excluding hydrogens is 298 g/mol. The molecule has 2 nitrogen and oxygen atoms in total. The van der Waals surface area contributed by atoms with Gasteiger partial charge in [0, 0.05) is 23.4 Å². The van der Waals surface area contributed by atoms with Crippen molar-refractivity contribution in [2.45, 2.75) is 38.8 Å². The van der Waals surface area contributed by atoms with Crippen LogP contribution in [0.1, 0.15) is 37.6 Å². The predicted octanol–water partition coefficient (Wildman–Crippen LogP) is 3.98. The molecule has 1 saturated heterocycles. The molecule has 0 amide bonds. The van der Waals surface area contributed by atoms with Gasteiger partial charge in [0.2, 0.25) is 0 Å². The summed E-state index contributed by atoms with van der Waals surface area (Å²) in [5, 5.41) is 3.63. The lowest BCUT2D eigenvalue weighted by atomic mass is 9.90.